The number of ether oxygens (including phenoxy) is 2. The van der Waals surface area contributed by atoms with Crippen molar-refractivity contribution >= 4 is 9.84 Å². The van der Waals surface area contributed by atoms with E-state index in [9.17, 15) is 8.42 Å². The molecule has 2 N–H and O–H groups in total. The monoisotopic (exact) mass is 292 g/mol. The van der Waals surface area contributed by atoms with Crippen molar-refractivity contribution in [3.05, 3.63) is 0 Å². The quantitative estimate of drug-likeness (QED) is 0.544. The summed E-state index contributed by atoms with van der Waals surface area (Å²) in [4.78, 5) is 2.85. The summed E-state index contributed by atoms with van der Waals surface area (Å²) in [6.07, 6.45) is 0. The lowest BCUT2D eigenvalue weighted by atomic mass is 10.1. The Morgan fingerprint density at radius 3 is 1.47 bits per heavy atom. The van der Waals surface area contributed by atoms with Gasteiger partial charge in [0.05, 0.1) is 26.4 Å². The first kappa shape index (κ1) is 13.8. The van der Waals surface area contributed by atoms with Crippen LogP contribution in [0.5, 0.6) is 0 Å². The Morgan fingerprint density at radius 2 is 1.11 bits per heavy atom. The van der Waals surface area contributed by atoms with Crippen molar-refractivity contribution in [2.45, 2.75) is 12.1 Å². The summed E-state index contributed by atoms with van der Waals surface area (Å²) in [6.45, 7) is 6.82. The van der Waals surface area contributed by atoms with Crippen molar-refractivity contribution in [1.82, 2.24) is 0 Å². The molecule has 2 atom stereocenters. The van der Waals surface area contributed by atoms with Crippen molar-refractivity contribution in [3.63, 3.8) is 0 Å². The lowest BCUT2D eigenvalue weighted by Gasteiger charge is -2.36. The Morgan fingerprint density at radius 1 is 0.737 bits per heavy atom. The average molecular weight is 292 g/mol. The molecule has 3 saturated heterocycles. The van der Waals surface area contributed by atoms with E-state index < -0.39 is 9.84 Å². The van der Waals surface area contributed by atoms with Gasteiger partial charge in [-0.15, -0.1) is 0 Å². The number of rotatable bonds is 2. The highest BCUT2D eigenvalue weighted by Crippen LogP contribution is 2.09. The summed E-state index contributed by atoms with van der Waals surface area (Å²) in [5.74, 6) is 0.717. The van der Waals surface area contributed by atoms with Gasteiger partial charge in [-0.1, -0.05) is 0 Å². The van der Waals surface area contributed by atoms with E-state index in [1.807, 2.05) is 0 Å². The van der Waals surface area contributed by atoms with Gasteiger partial charge in [-0.3, -0.25) is 0 Å². The molecule has 0 saturated carbocycles. The molecule has 3 aliphatic rings. The van der Waals surface area contributed by atoms with Gasteiger partial charge in [0.1, 0.15) is 37.7 Å². The van der Waals surface area contributed by atoms with Crippen LogP contribution in [0.3, 0.4) is 0 Å². The van der Waals surface area contributed by atoms with Crippen LogP contribution in [0.15, 0.2) is 0 Å². The third-order valence-electron chi connectivity index (χ3n) is 4.67. The van der Waals surface area contributed by atoms with Crippen LogP contribution in [0, 0.1) is 0 Å². The van der Waals surface area contributed by atoms with Crippen LogP contribution >= 0.6 is 0 Å². The number of morpholine rings is 2. The number of quaternary nitrogens is 2. The molecule has 7 heteroatoms. The van der Waals surface area contributed by atoms with Gasteiger partial charge >= 0.3 is 0 Å². The van der Waals surface area contributed by atoms with E-state index in [0.29, 0.717) is 11.5 Å². The minimum atomic E-state index is -2.87. The van der Waals surface area contributed by atoms with Crippen LogP contribution in [0.2, 0.25) is 0 Å². The van der Waals surface area contributed by atoms with Gasteiger partial charge in [-0.25, -0.2) is 8.42 Å². The van der Waals surface area contributed by atoms with Crippen molar-refractivity contribution in [3.8, 4) is 0 Å². The lowest BCUT2D eigenvalue weighted by molar-refractivity contribution is -0.996. The van der Waals surface area contributed by atoms with Crippen LogP contribution < -0.4 is 9.80 Å². The predicted octanol–water partition coefficient (Wildman–Crippen LogP) is -4.02. The molecule has 0 aromatic heterocycles. The second-order valence-corrected chi connectivity index (χ2v) is 7.98. The summed E-state index contributed by atoms with van der Waals surface area (Å²) in [5.41, 5.74) is 0. The zero-order chi connectivity index (χ0) is 13.3. The molecule has 3 aliphatic heterocycles. The van der Waals surface area contributed by atoms with Gasteiger partial charge in [0.2, 0.25) is 0 Å². The maximum absolute atomic E-state index is 12.0. The van der Waals surface area contributed by atoms with E-state index in [2.05, 4.69) is 0 Å². The third kappa shape index (κ3) is 3.11. The minimum absolute atomic E-state index is 0.252. The van der Waals surface area contributed by atoms with E-state index >= 15 is 0 Å². The molecular weight excluding hydrogens is 268 g/mol. The van der Waals surface area contributed by atoms with E-state index in [1.54, 1.807) is 0 Å². The smallest absolute Gasteiger partial charge is 0.162 e. The van der Waals surface area contributed by atoms with Crippen LogP contribution in [-0.2, 0) is 19.3 Å². The van der Waals surface area contributed by atoms with Crippen molar-refractivity contribution < 1.29 is 27.7 Å². The summed E-state index contributed by atoms with van der Waals surface area (Å²) in [5, 5.41) is 0. The summed E-state index contributed by atoms with van der Waals surface area (Å²) in [7, 11) is -2.87. The van der Waals surface area contributed by atoms with Crippen LogP contribution in [0.4, 0.5) is 0 Å². The predicted molar refractivity (Wildman–Crippen MR) is 69.3 cm³/mol. The van der Waals surface area contributed by atoms with Crippen molar-refractivity contribution in [2.75, 3.05) is 64.1 Å². The molecule has 0 radical (unpaired) electrons. The second kappa shape index (κ2) is 5.65. The molecule has 0 unspecified atom stereocenters. The normalized spacial score (nSPS) is 37.5. The van der Waals surface area contributed by atoms with Crippen molar-refractivity contribution in [1.29, 1.82) is 0 Å². The lowest BCUT2D eigenvalue weighted by Crippen LogP contribution is -3.27. The van der Waals surface area contributed by atoms with Crippen LogP contribution in [0.25, 0.3) is 0 Å². The van der Waals surface area contributed by atoms with Gasteiger partial charge in [-0.05, 0) is 0 Å². The van der Waals surface area contributed by atoms with E-state index in [-0.39, 0.29) is 12.1 Å². The SMILES string of the molecule is O=S1(=O)C[C@@H]([NH+]2CCOCC2)[C@H]([NH+]2CCOCC2)C1. The Hall–Kier alpha value is -0.210. The van der Waals surface area contributed by atoms with E-state index in [1.165, 1.54) is 9.80 Å². The van der Waals surface area contributed by atoms with E-state index in [0.717, 1.165) is 52.6 Å². The highest BCUT2D eigenvalue weighted by molar-refractivity contribution is 7.91. The first-order chi connectivity index (χ1) is 9.16. The summed E-state index contributed by atoms with van der Waals surface area (Å²) in [6, 6.07) is 0.504. The molecule has 3 rings (SSSR count). The Bertz CT molecular complexity index is 370. The molecule has 0 bridgehead atoms. The molecule has 0 aromatic rings. The third-order valence-corrected chi connectivity index (χ3v) is 6.41. The summed E-state index contributed by atoms with van der Waals surface area (Å²) < 4.78 is 34.9. The molecule has 0 amide bonds. The molecule has 3 heterocycles. The molecule has 19 heavy (non-hydrogen) atoms. The highest BCUT2D eigenvalue weighted by Gasteiger charge is 2.49. The van der Waals surface area contributed by atoms with Gasteiger partial charge in [0.15, 0.2) is 21.9 Å². The van der Waals surface area contributed by atoms with E-state index in [4.69, 9.17) is 9.47 Å². The number of hydrogen-bond acceptors (Lipinski definition) is 4. The fraction of sp³-hybridized carbons (Fsp3) is 1.00. The van der Waals surface area contributed by atoms with Crippen LogP contribution in [-0.4, -0.2) is 84.6 Å². The van der Waals surface area contributed by atoms with Crippen molar-refractivity contribution in [2.24, 2.45) is 0 Å². The summed E-state index contributed by atoms with van der Waals surface area (Å²) >= 11 is 0. The number of nitrogens with one attached hydrogen (secondary N) is 2. The molecule has 110 valence electrons. The first-order valence-electron chi connectivity index (χ1n) is 7.21. The van der Waals surface area contributed by atoms with Gasteiger partial charge < -0.3 is 19.3 Å². The number of sulfone groups is 1. The Balaban J connectivity index is 1.74. The minimum Gasteiger partial charge on any atom is -0.370 e. The van der Waals surface area contributed by atoms with Gasteiger partial charge in [0, 0.05) is 0 Å². The average Bonchev–Trinajstić information content (AvgIpc) is 2.77. The Labute approximate surface area is 114 Å². The molecule has 0 spiro atoms. The molecule has 6 nitrogen and oxygen atoms in total. The van der Waals surface area contributed by atoms with Gasteiger partial charge in [-0.2, -0.15) is 0 Å². The van der Waals surface area contributed by atoms with Gasteiger partial charge in [0.25, 0.3) is 0 Å². The molecule has 3 fully saturated rings. The first-order valence-corrected chi connectivity index (χ1v) is 9.03. The topological polar surface area (TPSA) is 61.5 Å². The highest BCUT2D eigenvalue weighted by atomic mass is 32.2. The van der Waals surface area contributed by atoms with Crippen LogP contribution in [0.1, 0.15) is 0 Å². The maximum atomic E-state index is 12.0. The Kier molecular flexibility index (Phi) is 4.09. The zero-order valence-electron chi connectivity index (χ0n) is 11.3. The largest absolute Gasteiger partial charge is 0.370 e. The molecular formula is C12H24N2O4S+2. The molecule has 0 aromatic carbocycles. The standard InChI is InChI=1S/C12H22N2O4S/c15-19(16)9-11(13-1-5-17-6-2-13)12(10-19)14-3-7-18-8-4-14/h11-12H,1-10H2/p+2/t11-,12-/m1/s1. The fourth-order valence-corrected chi connectivity index (χ4v) is 5.83. The second-order valence-electron chi connectivity index (χ2n) is 5.83. The maximum Gasteiger partial charge on any atom is 0.162 e. The molecule has 0 aliphatic carbocycles. The zero-order valence-corrected chi connectivity index (χ0v) is 12.1. The number of hydrogen-bond donors (Lipinski definition) is 2. The fourth-order valence-electron chi connectivity index (χ4n) is 3.66.